The smallest absolute Gasteiger partial charge is 0.317 e. The SMILES string of the molecule is CC1(NCC(=O)O)CCN(C(=O)C2CC2c2ccc(F)cc2F)C1. The molecule has 2 N–H and O–H groups in total. The van der Waals surface area contributed by atoms with E-state index in [1.807, 2.05) is 6.92 Å². The summed E-state index contributed by atoms with van der Waals surface area (Å²) in [6, 6.07) is 3.46. The molecular weight excluding hydrogens is 318 g/mol. The lowest BCUT2D eigenvalue weighted by molar-refractivity contribution is -0.136. The summed E-state index contributed by atoms with van der Waals surface area (Å²) in [5, 5.41) is 11.7. The summed E-state index contributed by atoms with van der Waals surface area (Å²) in [5.74, 6) is -2.67. The maximum absolute atomic E-state index is 13.8. The van der Waals surface area contributed by atoms with E-state index >= 15 is 0 Å². The van der Waals surface area contributed by atoms with Crippen molar-refractivity contribution in [3.05, 3.63) is 35.4 Å². The lowest BCUT2D eigenvalue weighted by atomic mass is 10.0. The van der Waals surface area contributed by atoms with E-state index in [9.17, 15) is 18.4 Å². The molecule has 130 valence electrons. The number of amides is 1. The van der Waals surface area contributed by atoms with Crippen LogP contribution in [0, 0.1) is 17.6 Å². The molecule has 0 radical (unpaired) electrons. The Balaban J connectivity index is 1.60. The number of hydrogen-bond acceptors (Lipinski definition) is 3. The highest BCUT2D eigenvalue weighted by Gasteiger charge is 2.49. The van der Waals surface area contributed by atoms with Gasteiger partial charge in [-0.3, -0.25) is 14.9 Å². The molecule has 1 saturated heterocycles. The van der Waals surface area contributed by atoms with Crippen LogP contribution in [0.3, 0.4) is 0 Å². The number of halogens is 2. The predicted octanol–water partition coefficient (Wildman–Crippen LogP) is 1.73. The van der Waals surface area contributed by atoms with Gasteiger partial charge in [0, 0.05) is 30.6 Å². The van der Waals surface area contributed by atoms with Gasteiger partial charge in [0.1, 0.15) is 11.6 Å². The van der Waals surface area contributed by atoms with Crippen LogP contribution in [0.1, 0.15) is 31.2 Å². The molecule has 0 aromatic heterocycles. The van der Waals surface area contributed by atoms with Crippen LogP contribution in [0.5, 0.6) is 0 Å². The third-order valence-corrected chi connectivity index (χ3v) is 4.92. The largest absolute Gasteiger partial charge is 0.480 e. The number of aliphatic carboxylic acids is 1. The van der Waals surface area contributed by atoms with Gasteiger partial charge in [0.25, 0.3) is 0 Å². The second kappa shape index (κ2) is 6.12. The number of likely N-dealkylation sites (tertiary alicyclic amines) is 1. The number of rotatable bonds is 5. The summed E-state index contributed by atoms with van der Waals surface area (Å²) < 4.78 is 26.8. The fraction of sp³-hybridized carbons (Fsp3) is 0.529. The van der Waals surface area contributed by atoms with E-state index in [4.69, 9.17) is 5.11 Å². The van der Waals surface area contributed by atoms with Crippen molar-refractivity contribution in [3.8, 4) is 0 Å². The summed E-state index contributed by atoms with van der Waals surface area (Å²) in [6.45, 7) is 2.74. The van der Waals surface area contributed by atoms with Crippen LogP contribution in [0.4, 0.5) is 8.78 Å². The van der Waals surface area contributed by atoms with E-state index in [2.05, 4.69) is 5.32 Å². The van der Waals surface area contributed by atoms with Gasteiger partial charge in [-0.15, -0.1) is 0 Å². The van der Waals surface area contributed by atoms with Crippen LogP contribution in [-0.4, -0.2) is 47.1 Å². The molecule has 1 amide bonds. The number of carbonyl (C=O) groups excluding carboxylic acids is 1. The van der Waals surface area contributed by atoms with Gasteiger partial charge in [-0.1, -0.05) is 6.07 Å². The third-order valence-electron chi connectivity index (χ3n) is 4.92. The molecule has 1 aromatic rings. The lowest BCUT2D eigenvalue weighted by Crippen LogP contribution is -2.47. The Morgan fingerprint density at radius 2 is 2.17 bits per heavy atom. The van der Waals surface area contributed by atoms with Crippen LogP contribution in [-0.2, 0) is 9.59 Å². The van der Waals surface area contributed by atoms with E-state index in [1.54, 1.807) is 4.90 Å². The van der Waals surface area contributed by atoms with E-state index in [-0.39, 0.29) is 24.3 Å². The van der Waals surface area contributed by atoms with Gasteiger partial charge >= 0.3 is 5.97 Å². The Morgan fingerprint density at radius 3 is 2.83 bits per heavy atom. The molecule has 0 bridgehead atoms. The van der Waals surface area contributed by atoms with Gasteiger partial charge in [-0.05, 0) is 37.3 Å². The fourth-order valence-corrected chi connectivity index (χ4v) is 3.43. The molecule has 3 unspecified atom stereocenters. The Kier molecular flexibility index (Phi) is 4.29. The summed E-state index contributed by atoms with van der Waals surface area (Å²) in [4.78, 5) is 25.0. The second-order valence-electron chi connectivity index (χ2n) is 6.93. The topological polar surface area (TPSA) is 69.6 Å². The number of nitrogens with zero attached hydrogens (tertiary/aromatic N) is 1. The fourth-order valence-electron chi connectivity index (χ4n) is 3.43. The molecule has 5 nitrogen and oxygen atoms in total. The van der Waals surface area contributed by atoms with E-state index in [0.29, 0.717) is 31.5 Å². The van der Waals surface area contributed by atoms with Crippen LogP contribution < -0.4 is 5.32 Å². The quantitative estimate of drug-likeness (QED) is 0.858. The van der Waals surface area contributed by atoms with Gasteiger partial charge in [0.2, 0.25) is 5.91 Å². The van der Waals surface area contributed by atoms with Crippen molar-refractivity contribution in [1.29, 1.82) is 0 Å². The maximum atomic E-state index is 13.8. The summed E-state index contributed by atoms with van der Waals surface area (Å²) in [6.07, 6.45) is 1.24. The molecule has 3 rings (SSSR count). The first-order valence-electron chi connectivity index (χ1n) is 8.00. The number of carbonyl (C=O) groups is 2. The standard InChI is InChI=1S/C17H20F2N2O3/c1-17(20-8-15(22)23)4-5-21(9-17)16(24)13-7-12(13)11-3-2-10(18)6-14(11)19/h2-3,6,12-13,20H,4-5,7-9H2,1H3,(H,22,23). The summed E-state index contributed by atoms with van der Waals surface area (Å²) in [5.41, 5.74) is -0.0276. The third kappa shape index (κ3) is 3.40. The molecule has 0 spiro atoms. The molecule has 1 aliphatic heterocycles. The van der Waals surface area contributed by atoms with Crippen LogP contribution in [0.2, 0.25) is 0 Å². The van der Waals surface area contributed by atoms with Gasteiger partial charge in [0.05, 0.1) is 6.54 Å². The predicted molar refractivity (Wildman–Crippen MR) is 82.4 cm³/mol. The zero-order valence-corrected chi connectivity index (χ0v) is 13.4. The number of nitrogens with one attached hydrogen (secondary N) is 1. The van der Waals surface area contributed by atoms with Crippen molar-refractivity contribution in [3.63, 3.8) is 0 Å². The normalized spacial score (nSPS) is 28.9. The first-order chi connectivity index (χ1) is 11.3. The van der Waals surface area contributed by atoms with Crippen molar-refractivity contribution in [2.45, 2.75) is 31.2 Å². The van der Waals surface area contributed by atoms with Gasteiger partial charge in [0.15, 0.2) is 0 Å². The first-order valence-corrected chi connectivity index (χ1v) is 8.00. The van der Waals surface area contributed by atoms with Crippen molar-refractivity contribution in [2.75, 3.05) is 19.6 Å². The highest BCUT2D eigenvalue weighted by molar-refractivity contribution is 5.83. The Morgan fingerprint density at radius 1 is 1.42 bits per heavy atom. The number of carboxylic acid groups (broad SMARTS) is 1. The maximum Gasteiger partial charge on any atom is 0.317 e. The van der Waals surface area contributed by atoms with Crippen molar-refractivity contribution in [2.24, 2.45) is 5.92 Å². The molecule has 1 aliphatic carbocycles. The average Bonchev–Trinajstić information content (AvgIpc) is 3.20. The Labute approximate surface area is 138 Å². The average molecular weight is 338 g/mol. The minimum absolute atomic E-state index is 0.0374. The summed E-state index contributed by atoms with van der Waals surface area (Å²) >= 11 is 0. The second-order valence-corrected chi connectivity index (χ2v) is 6.93. The van der Waals surface area contributed by atoms with E-state index in [1.165, 1.54) is 12.1 Å². The minimum atomic E-state index is -0.935. The molecular formula is C17H20F2N2O3. The Bertz CT molecular complexity index is 682. The first kappa shape index (κ1) is 16.8. The molecule has 2 aliphatic rings. The summed E-state index contributed by atoms with van der Waals surface area (Å²) in [7, 11) is 0. The van der Waals surface area contributed by atoms with E-state index < -0.39 is 23.1 Å². The molecule has 1 saturated carbocycles. The molecule has 2 fully saturated rings. The van der Waals surface area contributed by atoms with E-state index in [0.717, 1.165) is 6.07 Å². The highest BCUT2D eigenvalue weighted by atomic mass is 19.1. The number of benzene rings is 1. The molecule has 24 heavy (non-hydrogen) atoms. The molecule has 1 aromatic carbocycles. The van der Waals surface area contributed by atoms with Crippen molar-refractivity contribution < 1.29 is 23.5 Å². The van der Waals surface area contributed by atoms with Gasteiger partial charge in [-0.25, -0.2) is 8.78 Å². The zero-order valence-electron chi connectivity index (χ0n) is 13.4. The van der Waals surface area contributed by atoms with Crippen molar-refractivity contribution in [1.82, 2.24) is 10.2 Å². The zero-order chi connectivity index (χ0) is 17.5. The van der Waals surface area contributed by atoms with Gasteiger partial charge in [-0.2, -0.15) is 0 Å². The van der Waals surface area contributed by atoms with Crippen LogP contribution in [0.15, 0.2) is 18.2 Å². The minimum Gasteiger partial charge on any atom is -0.480 e. The highest BCUT2D eigenvalue weighted by Crippen LogP contribution is 2.49. The lowest BCUT2D eigenvalue weighted by Gasteiger charge is -2.25. The van der Waals surface area contributed by atoms with Gasteiger partial charge < -0.3 is 10.0 Å². The van der Waals surface area contributed by atoms with Crippen LogP contribution >= 0.6 is 0 Å². The molecule has 1 heterocycles. The Hall–Kier alpha value is -2.02. The number of hydrogen-bond donors (Lipinski definition) is 2. The monoisotopic (exact) mass is 338 g/mol. The molecule has 7 heteroatoms. The number of carboxylic acids is 1. The van der Waals surface area contributed by atoms with Crippen LogP contribution in [0.25, 0.3) is 0 Å². The van der Waals surface area contributed by atoms with Crippen molar-refractivity contribution >= 4 is 11.9 Å². The molecule has 3 atom stereocenters.